The lowest BCUT2D eigenvalue weighted by Gasteiger charge is -2.26. The highest BCUT2D eigenvalue weighted by molar-refractivity contribution is 5.92. The zero-order valence-corrected chi connectivity index (χ0v) is 11.7. The highest BCUT2D eigenvalue weighted by Gasteiger charge is 2.20. The van der Waals surface area contributed by atoms with Crippen LogP contribution in [0.3, 0.4) is 0 Å². The Morgan fingerprint density at radius 1 is 1.20 bits per heavy atom. The van der Waals surface area contributed by atoms with Crippen LogP contribution >= 0.6 is 0 Å². The molecule has 1 aliphatic heterocycles. The van der Waals surface area contributed by atoms with E-state index in [1.807, 2.05) is 18.2 Å². The Kier molecular flexibility index (Phi) is 3.67. The molecule has 20 heavy (non-hydrogen) atoms. The maximum Gasteiger partial charge on any atom is 0.321 e. The van der Waals surface area contributed by atoms with E-state index in [1.165, 1.54) is 19.3 Å². The minimum atomic E-state index is -0.0595. The third-order valence-corrected chi connectivity index (χ3v) is 3.98. The van der Waals surface area contributed by atoms with Gasteiger partial charge >= 0.3 is 6.03 Å². The Morgan fingerprint density at radius 2 is 1.95 bits per heavy atom. The number of nitrogens with one attached hydrogen (secondary N) is 1. The predicted molar refractivity (Wildman–Crippen MR) is 76.4 cm³/mol. The fourth-order valence-corrected chi connectivity index (χ4v) is 2.73. The molecule has 2 aliphatic rings. The molecule has 1 aromatic carbocycles. The zero-order valence-electron chi connectivity index (χ0n) is 11.7. The summed E-state index contributed by atoms with van der Waals surface area (Å²) < 4.78 is 10.6. The second-order valence-electron chi connectivity index (χ2n) is 5.38. The van der Waals surface area contributed by atoms with Crippen LogP contribution in [0.5, 0.6) is 11.5 Å². The van der Waals surface area contributed by atoms with Gasteiger partial charge < -0.3 is 14.8 Å². The monoisotopic (exact) mass is 276 g/mol. The molecule has 108 valence electrons. The molecule has 0 saturated heterocycles. The number of carbonyl (C=O) groups is 1. The lowest BCUT2D eigenvalue weighted by molar-refractivity contribution is 0.174. The Labute approximate surface area is 118 Å². The third-order valence-electron chi connectivity index (χ3n) is 3.98. The van der Waals surface area contributed by atoms with E-state index >= 15 is 0 Å². The van der Waals surface area contributed by atoms with Crippen molar-refractivity contribution in [1.29, 1.82) is 0 Å². The summed E-state index contributed by atoms with van der Waals surface area (Å²) in [4.78, 5) is 13.9. The van der Waals surface area contributed by atoms with Gasteiger partial charge in [0.05, 0.1) is 0 Å². The quantitative estimate of drug-likeness (QED) is 0.903. The Bertz CT molecular complexity index is 498. The molecule has 0 spiro atoms. The molecule has 2 amide bonds. The molecular weight excluding hydrogens is 256 g/mol. The molecule has 1 aromatic rings. The Balaban J connectivity index is 1.65. The fraction of sp³-hybridized carbons (Fsp3) is 0.533. The van der Waals surface area contributed by atoms with Gasteiger partial charge in [0.2, 0.25) is 6.79 Å². The van der Waals surface area contributed by atoms with Crippen LogP contribution in [0.1, 0.15) is 32.1 Å². The van der Waals surface area contributed by atoms with Crippen LogP contribution in [0, 0.1) is 0 Å². The van der Waals surface area contributed by atoms with Crippen molar-refractivity contribution in [1.82, 2.24) is 5.32 Å². The van der Waals surface area contributed by atoms with Gasteiger partial charge in [0.1, 0.15) is 0 Å². The summed E-state index contributed by atoms with van der Waals surface area (Å²) in [6.45, 7) is 0.247. The van der Waals surface area contributed by atoms with Crippen LogP contribution in [-0.4, -0.2) is 25.9 Å². The van der Waals surface area contributed by atoms with Crippen molar-refractivity contribution >= 4 is 11.7 Å². The highest BCUT2D eigenvalue weighted by atomic mass is 16.7. The molecule has 1 heterocycles. The largest absolute Gasteiger partial charge is 0.454 e. The van der Waals surface area contributed by atoms with Gasteiger partial charge in [-0.1, -0.05) is 19.3 Å². The molecule has 0 unspecified atom stereocenters. The maximum absolute atomic E-state index is 12.3. The van der Waals surface area contributed by atoms with Crippen LogP contribution in [-0.2, 0) is 0 Å². The van der Waals surface area contributed by atoms with Gasteiger partial charge in [-0.05, 0) is 25.0 Å². The van der Waals surface area contributed by atoms with E-state index in [4.69, 9.17) is 9.47 Å². The molecule has 1 aliphatic carbocycles. The first kappa shape index (κ1) is 13.1. The van der Waals surface area contributed by atoms with E-state index in [-0.39, 0.29) is 12.8 Å². The Morgan fingerprint density at radius 3 is 2.75 bits per heavy atom. The predicted octanol–water partition coefficient (Wildman–Crippen LogP) is 2.89. The lowest BCUT2D eigenvalue weighted by atomic mass is 9.96. The topological polar surface area (TPSA) is 50.8 Å². The van der Waals surface area contributed by atoms with Crippen molar-refractivity contribution in [2.75, 3.05) is 18.7 Å². The second kappa shape index (κ2) is 5.61. The molecule has 5 nitrogen and oxygen atoms in total. The Hall–Kier alpha value is -1.91. The number of nitrogens with zero attached hydrogens (tertiary/aromatic N) is 1. The van der Waals surface area contributed by atoms with Crippen molar-refractivity contribution in [3.63, 3.8) is 0 Å². The van der Waals surface area contributed by atoms with E-state index in [9.17, 15) is 4.79 Å². The van der Waals surface area contributed by atoms with E-state index in [0.717, 1.165) is 24.3 Å². The average molecular weight is 276 g/mol. The average Bonchev–Trinajstić information content (AvgIpc) is 2.94. The van der Waals surface area contributed by atoms with Crippen LogP contribution in [0.4, 0.5) is 10.5 Å². The minimum absolute atomic E-state index is 0.0595. The molecule has 0 bridgehead atoms. The van der Waals surface area contributed by atoms with Gasteiger partial charge in [-0.2, -0.15) is 0 Å². The fourth-order valence-electron chi connectivity index (χ4n) is 2.73. The number of anilines is 1. The standard InChI is InChI=1S/C15H20N2O3/c1-17(15(18)16-11-5-3-2-4-6-11)12-7-8-13-14(9-12)20-10-19-13/h7-9,11H,2-6,10H2,1H3,(H,16,18). The number of amides is 2. The lowest BCUT2D eigenvalue weighted by Crippen LogP contribution is -2.43. The van der Waals surface area contributed by atoms with Gasteiger partial charge in [0.25, 0.3) is 0 Å². The molecule has 0 atom stereocenters. The number of carbonyl (C=O) groups excluding carboxylic acids is 1. The first-order chi connectivity index (χ1) is 9.74. The normalized spacial score (nSPS) is 17.9. The second-order valence-corrected chi connectivity index (χ2v) is 5.38. The van der Waals surface area contributed by atoms with Gasteiger partial charge in [-0.3, -0.25) is 4.90 Å². The third kappa shape index (κ3) is 2.66. The van der Waals surface area contributed by atoms with Crippen LogP contribution in [0.25, 0.3) is 0 Å². The summed E-state index contributed by atoms with van der Waals surface area (Å²) in [5.41, 5.74) is 0.808. The molecule has 1 fully saturated rings. The number of rotatable bonds is 2. The van der Waals surface area contributed by atoms with E-state index < -0.39 is 0 Å². The summed E-state index contributed by atoms with van der Waals surface area (Å²) in [7, 11) is 1.77. The number of hydrogen-bond donors (Lipinski definition) is 1. The van der Waals surface area contributed by atoms with Crippen molar-refractivity contribution in [2.24, 2.45) is 0 Å². The van der Waals surface area contributed by atoms with Crippen molar-refractivity contribution in [2.45, 2.75) is 38.1 Å². The smallest absolute Gasteiger partial charge is 0.321 e. The van der Waals surface area contributed by atoms with E-state index in [0.29, 0.717) is 11.8 Å². The molecule has 5 heteroatoms. The first-order valence-corrected chi connectivity index (χ1v) is 7.18. The maximum atomic E-state index is 12.3. The van der Waals surface area contributed by atoms with Gasteiger partial charge in [-0.15, -0.1) is 0 Å². The number of benzene rings is 1. The van der Waals surface area contributed by atoms with E-state index in [1.54, 1.807) is 11.9 Å². The molecule has 0 aromatic heterocycles. The summed E-state index contributed by atoms with van der Waals surface area (Å²) in [6.07, 6.45) is 5.86. The highest BCUT2D eigenvalue weighted by Crippen LogP contribution is 2.35. The van der Waals surface area contributed by atoms with Crippen molar-refractivity contribution < 1.29 is 14.3 Å². The van der Waals surface area contributed by atoms with Crippen molar-refractivity contribution in [3.05, 3.63) is 18.2 Å². The summed E-state index contributed by atoms with van der Waals surface area (Å²) in [5.74, 6) is 1.43. The number of urea groups is 1. The van der Waals surface area contributed by atoms with Gasteiger partial charge in [0.15, 0.2) is 11.5 Å². The zero-order chi connectivity index (χ0) is 13.9. The van der Waals surface area contributed by atoms with Crippen LogP contribution in [0.2, 0.25) is 0 Å². The van der Waals surface area contributed by atoms with Crippen molar-refractivity contribution in [3.8, 4) is 11.5 Å². The SMILES string of the molecule is CN(C(=O)NC1CCCCC1)c1ccc2c(c1)OCO2. The van der Waals surface area contributed by atoms with E-state index in [2.05, 4.69) is 5.32 Å². The molecule has 1 saturated carbocycles. The first-order valence-electron chi connectivity index (χ1n) is 7.18. The minimum Gasteiger partial charge on any atom is -0.454 e. The molecular formula is C15H20N2O3. The number of fused-ring (bicyclic) bond motifs is 1. The molecule has 1 N–H and O–H groups in total. The molecule has 0 radical (unpaired) electrons. The summed E-state index contributed by atoms with van der Waals surface area (Å²) in [5, 5.41) is 3.10. The van der Waals surface area contributed by atoms with Crippen LogP contribution < -0.4 is 19.7 Å². The number of hydrogen-bond acceptors (Lipinski definition) is 3. The van der Waals surface area contributed by atoms with Gasteiger partial charge in [-0.25, -0.2) is 4.79 Å². The molecule has 3 rings (SSSR count). The van der Waals surface area contributed by atoms with Crippen LogP contribution in [0.15, 0.2) is 18.2 Å². The number of ether oxygens (including phenoxy) is 2. The summed E-state index contributed by atoms with van der Waals surface area (Å²) in [6, 6.07) is 5.79. The van der Waals surface area contributed by atoms with Gasteiger partial charge in [0, 0.05) is 24.8 Å². The summed E-state index contributed by atoms with van der Waals surface area (Å²) >= 11 is 0.